The van der Waals surface area contributed by atoms with Crippen molar-refractivity contribution in [1.82, 2.24) is 0 Å². The number of nitrogens with one attached hydrogen (secondary N) is 1. The number of ether oxygens (including phenoxy) is 2. The van der Waals surface area contributed by atoms with Crippen molar-refractivity contribution in [3.05, 3.63) is 28.8 Å². The Morgan fingerprint density at radius 2 is 1.88 bits per heavy atom. The number of hydrogen-bond acceptors (Lipinski definition) is 4. The topological polar surface area (TPSA) is 64.6 Å². The van der Waals surface area contributed by atoms with Crippen molar-refractivity contribution >= 4 is 29.2 Å². The van der Waals surface area contributed by atoms with Crippen LogP contribution in [0.15, 0.2) is 18.2 Å². The van der Waals surface area contributed by atoms with Gasteiger partial charge in [-0.15, -0.1) is 0 Å². The van der Waals surface area contributed by atoms with E-state index in [4.69, 9.17) is 21.1 Å². The summed E-state index contributed by atoms with van der Waals surface area (Å²) >= 11 is 5.73. The van der Waals surface area contributed by atoms with E-state index in [0.29, 0.717) is 12.5 Å². The van der Waals surface area contributed by atoms with Crippen LogP contribution in [0, 0.1) is 5.92 Å². The lowest BCUT2D eigenvalue weighted by Gasteiger charge is -2.16. The van der Waals surface area contributed by atoms with E-state index in [-0.39, 0.29) is 5.02 Å². The number of carbonyl (C=O) groups is 2. The summed E-state index contributed by atoms with van der Waals surface area (Å²) < 4.78 is 48.9. The van der Waals surface area contributed by atoms with Gasteiger partial charge in [0.15, 0.2) is 12.7 Å². The molecule has 1 atom stereocenters. The van der Waals surface area contributed by atoms with E-state index in [1.165, 1.54) is 13.0 Å². The van der Waals surface area contributed by atoms with Crippen LogP contribution in [0.25, 0.3) is 0 Å². The quantitative estimate of drug-likeness (QED) is 0.667. The SMILES string of the molecule is CC(C)CCOC(C)C(=O)OCC(=O)Nc1c(Cl)cccc1C(F)(F)F. The van der Waals surface area contributed by atoms with Crippen molar-refractivity contribution in [2.75, 3.05) is 18.5 Å². The molecule has 1 aromatic carbocycles. The maximum atomic E-state index is 13.0. The maximum Gasteiger partial charge on any atom is 0.418 e. The smallest absolute Gasteiger partial charge is 0.418 e. The number of alkyl halides is 3. The first-order valence-electron chi connectivity index (χ1n) is 7.96. The highest BCUT2D eigenvalue weighted by Crippen LogP contribution is 2.38. The van der Waals surface area contributed by atoms with Crippen LogP contribution >= 0.6 is 11.6 Å². The summed E-state index contributed by atoms with van der Waals surface area (Å²) in [4.78, 5) is 23.6. The van der Waals surface area contributed by atoms with E-state index >= 15 is 0 Å². The van der Waals surface area contributed by atoms with Gasteiger partial charge in [-0.3, -0.25) is 4.79 Å². The lowest BCUT2D eigenvalue weighted by atomic mass is 10.1. The van der Waals surface area contributed by atoms with Crippen molar-refractivity contribution in [2.24, 2.45) is 5.92 Å². The van der Waals surface area contributed by atoms with Gasteiger partial charge in [-0.1, -0.05) is 31.5 Å². The van der Waals surface area contributed by atoms with Crippen molar-refractivity contribution in [3.63, 3.8) is 0 Å². The Balaban J connectivity index is 2.59. The number of anilines is 1. The van der Waals surface area contributed by atoms with Crippen LogP contribution in [0.4, 0.5) is 18.9 Å². The third kappa shape index (κ3) is 7.21. The largest absolute Gasteiger partial charge is 0.454 e. The molecule has 1 amide bonds. The van der Waals surface area contributed by atoms with Crippen molar-refractivity contribution < 1.29 is 32.2 Å². The average Bonchev–Trinajstić information content (AvgIpc) is 2.52. The Hall–Kier alpha value is -1.80. The molecule has 0 spiro atoms. The summed E-state index contributed by atoms with van der Waals surface area (Å²) in [6, 6.07) is 3.12. The number of amides is 1. The number of benzene rings is 1. The highest BCUT2D eigenvalue weighted by molar-refractivity contribution is 6.34. The fourth-order valence-electron chi connectivity index (χ4n) is 1.87. The molecule has 9 heteroatoms. The summed E-state index contributed by atoms with van der Waals surface area (Å²) in [7, 11) is 0. The molecule has 0 aliphatic carbocycles. The van der Waals surface area contributed by atoms with Gasteiger partial charge in [-0.25, -0.2) is 4.79 Å². The Kier molecular flexibility index (Phi) is 8.36. The van der Waals surface area contributed by atoms with E-state index < -0.39 is 42.0 Å². The van der Waals surface area contributed by atoms with Crippen LogP contribution in [-0.2, 0) is 25.2 Å². The van der Waals surface area contributed by atoms with Gasteiger partial charge in [0.25, 0.3) is 5.91 Å². The minimum absolute atomic E-state index is 0.273. The summed E-state index contributed by atoms with van der Waals surface area (Å²) in [6.45, 7) is 5.07. The summed E-state index contributed by atoms with van der Waals surface area (Å²) in [5.41, 5.74) is -1.67. The summed E-state index contributed by atoms with van der Waals surface area (Å²) in [6.07, 6.45) is -4.82. The number of rotatable bonds is 8. The van der Waals surface area contributed by atoms with Gasteiger partial charge >= 0.3 is 12.1 Å². The van der Waals surface area contributed by atoms with Gasteiger partial charge in [0.1, 0.15) is 0 Å². The average molecular weight is 396 g/mol. The van der Waals surface area contributed by atoms with E-state index in [0.717, 1.165) is 18.6 Å². The van der Waals surface area contributed by atoms with Crippen LogP contribution in [0.5, 0.6) is 0 Å². The van der Waals surface area contributed by atoms with Crippen molar-refractivity contribution in [1.29, 1.82) is 0 Å². The van der Waals surface area contributed by atoms with Gasteiger partial charge in [-0.2, -0.15) is 13.2 Å². The molecule has 0 aliphatic heterocycles. The molecule has 5 nitrogen and oxygen atoms in total. The lowest BCUT2D eigenvalue weighted by molar-refractivity contribution is -0.158. The van der Waals surface area contributed by atoms with E-state index in [1.807, 2.05) is 19.2 Å². The van der Waals surface area contributed by atoms with Crippen LogP contribution < -0.4 is 5.32 Å². The van der Waals surface area contributed by atoms with Crippen LogP contribution in [-0.4, -0.2) is 31.2 Å². The molecular weight excluding hydrogens is 375 g/mol. The van der Waals surface area contributed by atoms with Gasteiger partial charge in [-0.05, 0) is 31.4 Å². The molecule has 0 saturated carbocycles. The molecule has 1 unspecified atom stereocenters. The van der Waals surface area contributed by atoms with Gasteiger partial charge in [0.2, 0.25) is 0 Å². The summed E-state index contributed by atoms with van der Waals surface area (Å²) in [5.74, 6) is -1.31. The molecule has 0 aliphatic rings. The standard InChI is InChI=1S/C17H21ClF3NO4/c1-10(2)7-8-25-11(3)16(24)26-9-14(23)22-15-12(17(19,20)21)5-4-6-13(15)18/h4-6,10-11H,7-9H2,1-3H3,(H,22,23). The third-order valence-electron chi connectivity index (χ3n) is 3.32. The van der Waals surface area contributed by atoms with Crippen LogP contribution in [0.3, 0.4) is 0 Å². The molecular formula is C17H21ClF3NO4. The van der Waals surface area contributed by atoms with E-state index in [1.54, 1.807) is 0 Å². The molecule has 0 saturated heterocycles. The molecule has 1 N–H and O–H groups in total. The van der Waals surface area contributed by atoms with Crippen molar-refractivity contribution in [3.8, 4) is 0 Å². The minimum atomic E-state index is -4.69. The first-order chi connectivity index (χ1) is 12.0. The molecule has 0 radical (unpaired) electrons. The van der Waals surface area contributed by atoms with Crippen molar-refractivity contribution in [2.45, 2.75) is 39.5 Å². The molecule has 1 rings (SSSR count). The van der Waals surface area contributed by atoms with Gasteiger partial charge in [0.05, 0.1) is 16.3 Å². The second-order valence-corrected chi connectivity index (χ2v) is 6.42. The molecule has 0 fully saturated rings. The molecule has 26 heavy (non-hydrogen) atoms. The third-order valence-corrected chi connectivity index (χ3v) is 3.64. The zero-order valence-corrected chi connectivity index (χ0v) is 15.4. The number of para-hydroxylation sites is 1. The number of hydrogen-bond donors (Lipinski definition) is 1. The fraction of sp³-hybridized carbons (Fsp3) is 0.529. The molecule has 1 aromatic rings. The van der Waals surface area contributed by atoms with Crippen LogP contribution in [0.2, 0.25) is 5.02 Å². The van der Waals surface area contributed by atoms with E-state index in [9.17, 15) is 22.8 Å². The molecule has 146 valence electrons. The Bertz CT molecular complexity index is 635. The maximum absolute atomic E-state index is 13.0. The Morgan fingerprint density at radius 3 is 2.46 bits per heavy atom. The lowest BCUT2D eigenvalue weighted by Crippen LogP contribution is -2.29. The Morgan fingerprint density at radius 1 is 1.23 bits per heavy atom. The van der Waals surface area contributed by atoms with E-state index in [2.05, 4.69) is 0 Å². The number of esters is 1. The first-order valence-corrected chi connectivity index (χ1v) is 8.34. The monoisotopic (exact) mass is 395 g/mol. The Labute approximate surface area is 154 Å². The predicted molar refractivity (Wildman–Crippen MR) is 90.9 cm³/mol. The zero-order chi connectivity index (χ0) is 19.9. The first kappa shape index (κ1) is 22.2. The molecule has 0 aromatic heterocycles. The highest BCUT2D eigenvalue weighted by atomic mass is 35.5. The number of carbonyl (C=O) groups excluding carboxylic acids is 2. The highest BCUT2D eigenvalue weighted by Gasteiger charge is 2.34. The van der Waals surface area contributed by atoms with Gasteiger partial charge < -0.3 is 14.8 Å². The molecule has 0 bridgehead atoms. The summed E-state index contributed by atoms with van der Waals surface area (Å²) in [5, 5.41) is 1.76. The normalized spacial score (nSPS) is 12.8. The van der Waals surface area contributed by atoms with Crippen LogP contribution in [0.1, 0.15) is 32.8 Å². The second kappa shape index (κ2) is 9.78. The number of halogens is 4. The fourth-order valence-corrected chi connectivity index (χ4v) is 2.09. The predicted octanol–water partition coefficient (Wildman–Crippen LogP) is 4.29. The second-order valence-electron chi connectivity index (χ2n) is 6.01. The minimum Gasteiger partial charge on any atom is -0.454 e. The molecule has 0 heterocycles. The van der Waals surface area contributed by atoms with Gasteiger partial charge in [0, 0.05) is 6.61 Å². The zero-order valence-electron chi connectivity index (χ0n) is 14.7.